The van der Waals surface area contributed by atoms with Crippen molar-refractivity contribution in [2.24, 2.45) is 0 Å². The minimum Gasteiger partial charge on any atom is -0.475 e. The highest BCUT2D eigenvalue weighted by Gasteiger charge is 2.38. The quantitative estimate of drug-likeness (QED) is 0.184. The molecule has 0 unspecified atom stereocenters. The van der Waals surface area contributed by atoms with Gasteiger partial charge in [-0.2, -0.15) is 0 Å². The number of hydrogen-bond donors (Lipinski definition) is 6. The van der Waals surface area contributed by atoms with Gasteiger partial charge in [-0.15, -0.1) is 0 Å². The average molecular weight is 310 g/mol. The van der Waals surface area contributed by atoms with Gasteiger partial charge < -0.3 is 35.4 Å². The molecule has 0 amide bonds. The van der Waals surface area contributed by atoms with Crippen LogP contribution in [0.4, 0.5) is 0 Å². The van der Waals surface area contributed by atoms with Gasteiger partial charge in [-0.3, -0.25) is 9.59 Å². The molecule has 0 aliphatic carbocycles. The molecule has 0 aliphatic heterocycles. The SMILES string of the molecule is CC(=O)O[C@@H]([C@H](O)[C@H](O)[C@@H](O)CC(=O)C(=O)O)[C@H](O)CO. The summed E-state index contributed by atoms with van der Waals surface area (Å²) in [5.41, 5.74) is 0. The normalized spacial score (nSPS) is 18.2. The third kappa shape index (κ3) is 6.14. The number of esters is 1. The molecule has 0 rings (SSSR count). The van der Waals surface area contributed by atoms with Crippen molar-refractivity contribution in [2.45, 2.75) is 43.9 Å². The summed E-state index contributed by atoms with van der Waals surface area (Å²) in [6.45, 7) is 0.0342. The molecule has 21 heavy (non-hydrogen) atoms. The van der Waals surface area contributed by atoms with E-state index in [-0.39, 0.29) is 0 Å². The van der Waals surface area contributed by atoms with Crippen LogP contribution in [0.1, 0.15) is 13.3 Å². The summed E-state index contributed by atoms with van der Waals surface area (Å²) in [4.78, 5) is 32.0. The zero-order chi connectivity index (χ0) is 16.7. The van der Waals surface area contributed by atoms with Crippen molar-refractivity contribution < 1.29 is 49.8 Å². The van der Waals surface area contributed by atoms with Crippen LogP contribution in [-0.2, 0) is 19.1 Å². The van der Waals surface area contributed by atoms with E-state index in [2.05, 4.69) is 4.74 Å². The number of carboxylic acid groups (broad SMARTS) is 1. The van der Waals surface area contributed by atoms with E-state index in [1.807, 2.05) is 0 Å². The Bertz CT molecular complexity index is 381. The number of carbonyl (C=O) groups is 3. The van der Waals surface area contributed by atoms with Gasteiger partial charge in [0.2, 0.25) is 5.78 Å². The Morgan fingerprint density at radius 1 is 1.00 bits per heavy atom. The Kier molecular flexibility index (Phi) is 7.99. The lowest BCUT2D eigenvalue weighted by Crippen LogP contribution is -2.52. The van der Waals surface area contributed by atoms with Gasteiger partial charge in [0.05, 0.1) is 12.7 Å². The van der Waals surface area contributed by atoms with E-state index in [4.69, 9.17) is 10.2 Å². The lowest BCUT2D eigenvalue weighted by molar-refractivity contribution is -0.180. The van der Waals surface area contributed by atoms with Crippen LogP contribution in [0, 0.1) is 0 Å². The second-order valence-corrected chi connectivity index (χ2v) is 4.30. The number of hydrogen-bond acceptors (Lipinski definition) is 9. The molecule has 0 saturated carbocycles. The van der Waals surface area contributed by atoms with Crippen LogP contribution < -0.4 is 0 Å². The highest BCUT2D eigenvalue weighted by atomic mass is 16.6. The van der Waals surface area contributed by atoms with Gasteiger partial charge in [0.1, 0.15) is 18.3 Å². The second kappa shape index (κ2) is 8.64. The number of aliphatic hydroxyl groups is 5. The van der Waals surface area contributed by atoms with E-state index >= 15 is 0 Å². The number of aliphatic carboxylic acids is 1. The summed E-state index contributed by atoms with van der Waals surface area (Å²) in [6, 6.07) is 0. The van der Waals surface area contributed by atoms with Gasteiger partial charge in [0.25, 0.3) is 0 Å². The number of rotatable bonds is 9. The summed E-state index contributed by atoms with van der Waals surface area (Å²) in [5.74, 6) is -4.17. The van der Waals surface area contributed by atoms with Crippen molar-refractivity contribution in [3.8, 4) is 0 Å². The Morgan fingerprint density at radius 2 is 1.52 bits per heavy atom. The lowest BCUT2D eigenvalue weighted by Gasteiger charge is -2.30. The topological polar surface area (TPSA) is 182 Å². The summed E-state index contributed by atoms with van der Waals surface area (Å²) in [6.07, 6.45) is -10.6. The van der Waals surface area contributed by atoms with Crippen LogP contribution in [-0.4, -0.2) is 85.5 Å². The molecular formula is C11H18O10. The molecular weight excluding hydrogens is 292 g/mol. The summed E-state index contributed by atoms with van der Waals surface area (Å²) in [5, 5.41) is 55.3. The Balaban J connectivity index is 4.89. The average Bonchev–Trinajstić information content (AvgIpc) is 2.41. The Morgan fingerprint density at radius 3 is 1.90 bits per heavy atom. The van der Waals surface area contributed by atoms with E-state index in [1.165, 1.54) is 0 Å². The fourth-order valence-electron chi connectivity index (χ4n) is 1.49. The van der Waals surface area contributed by atoms with Crippen LogP contribution in [0.25, 0.3) is 0 Å². The van der Waals surface area contributed by atoms with Gasteiger partial charge in [-0.05, 0) is 0 Å². The zero-order valence-corrected chi connectivity index (χ0v) is 11.1. The van der Waals surface area contributed by atoms with E-state index in [0.29, 0.717) is 0 Å². The van der Waals surface area contributed by atoms with E-state index in [1.54, 1.807) is 0 Å². The fraction of sp³-hybridized carbons (Fsp3) is 0.727. The molecule has 10 nitrogen and oxygen atoms in total. The van der Waals surface area contributed by atoms with E-state index in [0.717, 1.165) is 6.92 Å². The number of aliphatic hydroxyl groups excluding tert-OH is 5. The molecule has 0 radical (unpaired) electrons. The maximum absolute atomic E-state index is 10.9. The molecule has 5 atom stereocenters. The number of carbonyl (C=O) groups excluding carboxylic acids is 2. The summed E-state index contributed by atoms with van der Waals surface area (Å²) >= 11 is 0. The maximum atomic E-state index is 10.9. The van der Waals surface area contributed by atoms with Gasteiger partial charge in [0.15, 0.2) is 6.10 Å². The first-order valence-electron chi connectivity index (χ1n) is 5.88. The molecule has 0 spiro atoms. The molecule has 0 aromatic rings. The maximum Gasteiger partial charge on any atom is 0.372 e. The smallest absolute Gasteiger partial charge is 0.372 e. The summed E-state index contributed by atoms with van der Waals surface area (Å²) < 4.78 is 4.52. The van der Waals surface area contributed by atoms with Crippen molar-refractivity contribution in [3.63, 3.8) is 0 Å². The molecule has 6 N–H and O–H groups in total. The third-order valence-corrected chi connectivity index (χ3v) is 2.58. The predicted octanol–water partition coefficient (Wildman–Crippen LogP) is -3.60. The predicted molar refractivity (Wildman–Crippen MR) is 63.9 cm³/mol. The van der Waals surface area contributed by atoms with Gasteiger partial charge >= 0.3 is 11.9 Å². The van der Waals surface area contributed by atoms with Gasteiger partial charge in [-0.1, -0.05) is 0 Å². The molecule has 0 aromatic carbocycles. The highest BCUT2D eigenvalue weighted by molar-refractivity contribution is 6.32. The molecule has 0 bridgehead atoms. The van der Waals surface area contributed by atoms with Crippen molar-refractivity contribution in [1.29, 1.82) is 0 Å². The molecule has 0 heterocycles. The monoisotopic (exact) mass is 310 g/mol. The molecule has 122 valence electrons. The second-order valence-electron chi connectivity index (χ2n) is 4.30. The minimum absolute atomic E-state index is 0.911. The third-order valence-electron chi connectivity index (χ3n) is 2.58. The first-order chi connectivity index (χ1) is 9.61. The number of Topliss-reactive ketones (excluding diaryl/α,β-unsaturated/α-hetero) is 1. The number of carboxylic acids is 1. The van der Waals surface area contributed by atoms with Crippen LogP contribution in [0.5, 0.6) is 0 Å². The zero-order valence-electron chi connectivity index (χ0n) is 11.1. The minimum atomic E-state index is -2.08. The van der Waals surface area contributed by atoms with Crippen molar-refractivity contribution in [3.05, 3.63) is 0 Å². The van der Waals surface area contributed by atoms with Crippen molar-refractivity contribution >= 4 is 17.7 Å². The lowest BCUT2D eigenvalue weighted by atomic mass is 9.96. The number of ketones is 1. The first-order valence-corrected chi connectivity index (χ1v) is 5.88. The van der Waals surface area contributed by atoms with Crippen LogP contribution >= 0.6 is 0 Å². The Hall–Kier alpha value is -1.59. The molecule has 0 saturated heterocycles. The number of ether oxygens (including phenoxy) is 1. The largest absolute Gasteiger partial charge is 0.475 e. The van der Waals surface area contributed by atoms with E-state index in [9.17, 15) is 34.8 Å². The fourth-order valence-corrected chi connectivity index (χ4v) is 1.49. The van der Waals surface area contributed by atoms with Crippen LogP contribution in [0.15, 0.2) is 0 Å². The highest BCUT2D eigenvalue weighted by Crippen LogP contribution is 2.14. The Labute approximate surface area is 119 Å². The van der Waals surface area contributed by atoms with Crippen molar-refractivity contribution in [2.75, 3.05) is 6.61 Å². The van der Waals surface area contributed by atoms with Crippen molar-refractivity contribution in [1.82, 2.24) is 0 Å². The molecule has 10 heteroatoms. The van der Waals surface area contributed by atoms with Gasteiger partial charge in [0, 0.05) is 13.3 Å². The molecule has 0 aliphatic rings. The molecule has 0 aromatic heterocycles. The van der Waals surface area contributed by atoms with Crippen LogP contribution in [0.3, 0.4) is 0 Å². The van der Waals surface area contributed by atoms with Gasteiger partial charge in [-0.25, -0.2) is 4.79 Å². The first kappa shape index (κ1) is 19.4. The standard InChI is InChI=1S/C11H18O10/c1-4(13)21-10(7(16)3-12)9(18)8(17)5(14)2-6(15)11(19)20/h5,7-10,12,14,16-18H,2-3H2,1H3,(H,19,20)/t5-,7+,8+,9+,10+/m0/s1. The van der Waals surface area contributed by atoms with E-state index < -0.39 is 61.3 Å². The van der Waals surface area contributed by atoms with Crippen LogP contribution in [0.2, 0.25) is 0 Å². The summed E-state index contributed by atoms with van der Waals surface area (Å²) in [7, 11) is 0. The molecule has 0 fully saturated rings.